The second-order valence-electron chi connectivity index (χ2n) is 5.04. The van der Waals surface area contributed by atoms with E-state index in [1.54, 1.807) is 0 Å². The lowest BCUT2D eigenvalue weighted by Crippen LogP contribution is -2.24. The van der Waals surface area contributed by atoms with Gasteiger partial charge in [0.05, 0.1) is 6.61 Å². The van der Waals surface area contributed by atoms with E-state index >= 15 is 0 Å². The molecule has 18 heavy (non-hydrogen) atoms. The minimum atomic E-state index is 0. The first-order chi connectivity index (χ1) is 8.43. The average Bonchev–Trinajstić information content (AvgIpc) is 2.86. The molecule has 0 saturated carbocycles. The maximum absolute atomic E-state index is 6.01. The minimum absolute atomic E-state index is 0. The van der Waals surface area contributed by atoms with Crippen molar-refractivity contribution in [2.45, 2.75) is 5.92 Å². The van der Waals surface area contributed by atoms with E-state index in [0.717, 1.165) is 25.4 Å². The Morgan fingerprint density at radius 2 is 1.94 bits per heavy atom. The summed E-state index contributed by atoms with van der Waals surface area (Å²) in [6, 6.07) is 13.0. The molecule has 3 heteroatoms. The van der Waals surface area contributed by atoms with E-state index < -0.39 is 0 Å². The molecule has 2 aromatic rings. The topological polar surface area (TPSA) is 21.3 Å². The Morgan fingerprint density at radius 3 is 2.89 bits per heavy atom. The highest BCUT2D eigenvalue weighted by atomic mass is 35.5. The van der Waals surface area contributed by atoms with Gasteiger partial charge in [0.1, 0.15) is 5.75 Å². The molecule has 1 fully saturated rings. The lowest BCUT2D eigenvalue weighted by Gasteiger charge is -2.28. The van der Waals surface area contributed by atoms with Crippen LogP contribution < -0.4 is 10.1 Å². The first-order valence-corrected chi connectivity index (χ1v) is 6.28. The summed E-state index contributed by atoms with van der Waals surface area (Å²) < 4.78 is 6.01. The molecule has 94 valence electrons. The van der Waals surface area contributed by atoms with Gasteiger partial charge in [-0.3, -0.25) is 0 Å². The Labute approximate surface area is 113 Å². The lowest BCUT2D eigenvalue weighted by molar-refractivity contribution is 0.222. The maximum Gasteiger partial charge on any atom is 0.130 e. The summed E-state index contributed by atoms with van der Waals surface area (Å²) in [6.45, 7) is 3.05. The van der Waals surface area contributed by atoms with Crippen molar-refractivity contribution in [3.8, 4) is 5.75 Å². The van der Waals surface area contributed by atoms with Crippen LogP contribution in [0.4, 0.5) is 0 Å². The molecule has 2 aliphatic rings. The highest BCUT2D eigenvalue weighted by molar-refractivity contribution is 5.90. The van der Waals surface area contributed by atoms with Gasteiger partial charge in [0.2, 0.25) is 0 Å². The van der Waals surface area contributed by atoms with Crippen LogP contribution in [0.25, 0.3) is 10.8 Å². The number of nitrogens with one attached hydrogen (secondary N) is 1. The van der Waals surface area contributed by atoms with Gasteiger partial charge in [-0.25, -0.2) is 0 Å². The van der Waals surface area contributed by atoms with Gasteiger partial charge in [0.15, 0.2) is 0 Å². The number of ether oxygens (including phenoxy) is 1. The number of hydrogen-bond acceptors (Lipinski definition) is 2. The fraction of sp³-hybridized carbons (Fsp3) is 0.333. The van der Waals surface area contributed by atoms with Crippen molar-refractivity contribution in [3.63, 3.8) is 0 Å². The molecule has 0 spiro atoms. The van der Waals surface area contributed by atoms with Gasteiger partial charge >= 0.3 is 0 Å². The van der Waals surface area contributed by atoms with Crippen molar-refractivity contribution < 1.29 is 4.74 Å². The molecule has 0 radical (unpaired) electrons. The molecular formula is C15H16ClNO. The van der Waals surface area contributed by atoms with E-state index in [2.05, 4.69) is 41.7 Å². The number of rotatable bonds is 0. The third kappa shape index (κ3) is 1.60. The van der Waals surface area contributed by atoms with Crippen LogP contribution in [-0.2, 0) is 0 Å². The molecule has 2 heterocycles. The van der Waals surface area contributed by atoms with E-state index in [1.165, 1.54) is 16.3 Å². The fourth-order valence-electron chi connectivity index (χ4n) is 3.18. The van der Waals surface area contributed by atoms with Crippen molar-refractivity contribution in [1.29, 1.82) is 0 Å². The molecule has 0 aliphatic carbocycles. The van der Waals surface area contributed by atoms with E-state index in [-0.39, 0.29) is 12.4 Å². The summed E-state index contributed by atoms with van der Waals surface area (Å²) in [4.78, 5) is 0. The van der Waals surface area contributed by atoms with E-state index in [9.17, 15) is 0 Å². The van der Waals surface area contributed by atoms with Crippen LogP contribution in [0.15, 0.2) is 36.4 Å². The standard InChI is InChI=1S/C15H15NO.ClH/c1-2-4-12-10(3-1)5-6-13-14-8-16-7-11(14)9-17-15(12)13;/h1-6,11,14,16H,7-9H2;1H/t11-,14-;/m1./s1. The van der Waals surface area contributed by atoms with Gasteiger partial charge in [-0.15, -0.1) is 12.4 Å². The Morgan fingerprint density at radius 1 is 1.06 bits per heavy atom. The molecular weight excluding hydrogens is 246 g/mol. The SMILES string of the molecule is Cl.c1ccc2c3c(ccc2c1)[C@@H]1CNC[C@@H]1CO3. The van der Waals surface area contributed by atoms with Crippen LogP contribution in [0.2, 0.25) is 0 Å². The van der Waals surface area contributed by atoms with Crippen LogP contribution in [0.3, 0.4) is 0 Å². The summed E-state index contributed by atoms with van der Waals surface area (Å²) in [7, 11) is 0. The van der Waals surface area contributed by atoms with Gasteiger partial charge in [-0.1, -0.05) is 36.4 Å². The molecule has 0 bridgehead atoms. The maximum atomic E-state index is 6.01. The quantitative estimate of drug-likeness (QED) is 0.787. The second kappa shape index (κ2) is 4.45. The van der Waals surface area contributed by atoms with Crippen LogP contribution in [-0.4, -0.2) is 19.7 Å². The number of fused-ring (bicyclic) bond motifs is 5. The summed E-state index contributed by atoms with van der Waals surface area (Å²) in [5.74, 6) is 2.42. The van der Waals surface area contributed by atoms with Gasteiger partial charge in [-0.2, -0.15) is 0 Å². The smallest absolute Gasteiger partial charge is 0.130 e. The van der Waals surface area contributed by atoms with Crippen LogP contribution in [0, 0.1) is 5.92 Å². The van der Waals surface area contributed by atoms with E-state index in [1.807, 2.05) is 0 Å². The summed E-state index contributed by atoms with van der Waals surface area (Å²) in [5, 5.41) is 6.01. The molecule has 2 aliphatic heterocycles. The van der Waals surface area contributed by atoms with Gasteiger partial charge in [0, 0.05) is 30.3 Å². The molecule has 4 rings (SSSR count). The predicted molar refractivity (Wildman–Crippen MR) is 75.8 cm³/mol. The number of benzene rings is 2. The highest BCUT2D eigenvalue weighted by Crippen LogP contribution is 2.42. The summed E-state index contributed by atoms with van der Waals surface area (Å²) >= 11 is 0. The number of halogens is 1. The summed E-state index contributed by atoms with van der Waals surface area (Å²) in [5.41, 5.74) is 1.39. The van der Waals surface area contributed by atoms with Crippen molar-refractivity contribution in [1.82, 2.24) is 5.32 Å². The molecule has 0 amide bonds. The average molecular weight is 262 g/mol. The monoisotopic (exact) mass is 261 g/mol. The predicted octanol–water partition coefficient (Wildman–Crippen LogP) is 2.96. The third-order valence-electron chi connectivity index (χ3n) is 4.09. The highest BCUT2D eigenvalue weighted by Gasteiger charge is 2.35. The zero-order chi connectivity index (χ0) is 11.2. The van der Waals surface area contributed by atoms with Crippen molar-refractivity contribution in [3.05, 3.63) is 42.0 Å². The van der Waals surface area contributed by atoms with Crippen LogP contribution in [0.1, 0.15) is 11.5 Å². The largest absolute Gasteiger partial charge is 0.492 e. The second-order valence-corrected chi connectivity index (χ2v) is 5.04. The van der Waals surface area contributed by atoms with Crippen molar-refractivity contribution in [2.24, 2.45) is 5.92 Å². The van der Waals surface area contributed by atoms with Gasteiger partial charge in [-0.05, 0) is 10.9 Å². The van der Waals surface area contributed by atoms with Crippen LogP contribution in [0.5, 0.6) is 5.75 Å². The molecule has 2 aromatic carbocycles. The van der Waals surface area contributed by atoms with Crippen molar-refractivity contribution >= 4 is 23.2 Å². The zero-order valence-electron chi connectivity index (χ0n) is 10.1. The minimum Gasteiger partial charge on any atom is -0.492 e. The molecule has 0 unspecified atom stereocenters. The Balaban J connectivity index is 0.000001000. The Kier molecular flexibility index (Phi) is 2.92. The molecule has 1 saturated heterocycles. The molecule has 2 atom stereocenters. The van der Waals surface area contributed by atoms with Crippen molar-refractivity contribution in [2.75, 3.05) is 19.7 Å². The third-order valence-corrected chi connectivity index (χ3v) is 4.09. The lowest BCUT2D eigenvalue weighted by atomic mass is 9.85. The molecule has 0 aromatic heterocycles. The molecule has 2 nitrogen and oxygen atoms in total. The van der Waals surface area contributed by atoms with Gasteiger partial charge in [0.25, 0.3) is 0 Å². The number of hydrogen-bond donors (Lipinski definition) is 1. The van der Waals surface area contributed by atoms with E-state index in [4.69, 9.17) is 4.74 Å². The zero-order valence-corrected chi connectivity index (χ0v) is 10.9. The molecule has 1 N–H and O–H groups in total. The Hall–Kier alpha value is -1.25. The fourth-order valence-corrected chi connectivity index (χ4v) is 3.18. The normalized spacial score (nSPS) is 24.9. The van der Waals surface area contributed by atoms with E-state index in [0.29, 0.717) is 11.8 Å². The van der Waals surface area contributed by atoms with Crippen LogP contribution >= 0.6 is 12.4 Å². The first-order valence-electron chi connectivity index (χ1n) is 6.28. The first kappa shape index (κ1) is 11.8. The van der Waals surface area contributed by atoms with Gasteiger partial charge < -0.3 is 10.1 Å². The Bertz CT molecular complexity index is 584. The summed E-state index contributed by atoms with van der Waals surface area (Å²) in [6.07, 6.45) is 0.